The zero-order valence-electron chi connectivity index (χ0n) is 10.1. The summed E-state index contributed by atoms with van der Waals surface area (Å²) < 4.78 is 0. The summed E-state index contributed by atoms with van der Waals surface area (Å²) in [5.74, 6) is 2.42. The van der Waals surface area contributed by atoms with E-state index in [0.29, 0.717) is 10.6 Å². The number of nitrogens with one attached hydrogen (secondary N) is 1. The van der Waals surface area contributed by atoms with E-state index in [1.54, 1.807) is 18.2 Å². The number of halogens is 1. The normalized spacial score (nSPS) is 11.6. The highest BCUT2D eigenvalue weighted by Gasteiger charge is 2.11. The van der Waals surface area contributed by atoms with Gasteiger partial charge in [-0.2, -0.15) is 0 Å². The number of amides is 1. The molecule has 1 atom stereocenters. The Hall–Kier alpha value is -1.46. The van der Waals surface area contributed by atoms with Gasteiger partial charge < -0.3 is 5.32 Å². The summed E-state index contributed by atoms with van der Waals surface area (Å²) in [5, 5.41) is 3.47. The molecular weight excluding hydrogens is 234 g/mol. The fourth-order valence-electron chi connectivity index (χ4n) is 1.51. The van der Waals surface area contributed by atoms with Crippen LogP contribution < -0.4 is 5.32 Å². The van der Waals surface area contributed by atoms with Crippen LogP contribution in [0.2, 0.25) is 5.02 Å². The van der Waals surface area contributed by atoms with E-state index in [1.807, 2.05) is 13.8 Å². The Bertz CT molecular complexity index is 448. The lowest BCUT2D eigenvalue weighted by Crippen LogP contribution is -2.33. The van der Waals surface area contributed by atoms with Crippen molar-refractivity contribution in [2.75, 3.05) is 0 Å². The van der Waals surface area contributed by atoms with Gasteiger partial charge in [-0.05, 0) is 37.1 Å². The van der Waals surface area contributed by atoms with Crippen LogP contribution >= 0.6 is 11.6 Å². The lowest BCUT2D eigenvalue weighted by atomic mass is 10.1. The van der Waals surface area contributed by atoms with E-state index in [2.05, 4.69) is 11.2 Å². The Morgan fingerprint density at radius 2 is 2.29 bits per heavy atom. The van der Waals surface area contributed by atoms with Crippen LogP contribution in [0.3, 0.4) is 0 Å². The van der Waals surface area contributed by atoms with Crippen LogP contribution in [-0.2, 0) is 0 Å². The van der Waals surface area contributed by atoms with Gasteiger partial charge in [0.25, 0.3) is 5.91 Å². The highest BCUT2D eigenvalue weighted by atomic mass is 35.5. The smallest absolute Gasteiger partial charge is 0.252 e. The second kappa shape index (κ2) is 6.32. The summed E-state index contributed by atoms with van der Waals surface area (Å²) >= 11 is 5.90. The van der Waals surface area contributed by atoms with Crippen LogP contribution in [0.5, 0.6) is 0 Å². The summed E-state index contributed by atoms with van der Waals surface area (Å²) in [4.78, 5) is 11.9. The zero-order chi connectivity index (χ0) is 12.8. The molecule has 0 aliphatic carbocycles. The molecule has 0 aliphatic rings. The van der Waals surface area contributed by atoms with Crippen molar-refractivity contribution < 1.29 is 4.79 Å². The summed E-state index contributed by atoms with van der Waals surface area (Å²) in [6.45, 7) is 3.90. The molecule has 0 saturated heterocycles. The van der Waals surface area contributed by atoms with Crippen LogP contribution in [0, 0.1) is 19.3 Å². The second-order valence-corrected chi connectivity index (χ2v) is 4.35. The average molecular weight is 250 g/mol. The van der Waals surface area contributed by atoms with Gasteiger partial charge in [-0.1, -0.05) is 30.9 Å². The lowest BCUT2D eigenvalue weighted by Gasteiger charge is -2.12. The van der Waals surface area contributed by atoms with Crippen molar-refractivity contribution in [3.05, 3.63) is 34.3 Å². The number of rotatable bonds is 4. The molecule has 0 aromatic heterocycles. The monoisotopic (exact) mass is 249 g/mol. The SMILES string of the molecule is C#CC(CCC)NC(=O)c1ccc(Cl)c(C)c1. The Morgan fingerprint density at radius 3 is 2.82 bits per heavy atom. The molecule has 1 amide bonds. The molecule has 3 heteroatoms. The first kappa shape index (κ1) is 13.6. The third-order valence-corrected chi connectivity index (χ3v) is 2.93. The first-order chi connectivity index (χ1) is 8.08. The van der Waals surface area contributed by atoms with Gasteiger partial charge >= 0.3 is 0 Å². The van der Waals surface area contributed by atoms with Crippen molar-refractivity contribution >= 4 is 17.5 Å². The summed E-state index contributed by atoms with van der Waals surface area (Å²) in [7, 11) is 0. The van der Waals surface area contributed by atoms with Crippen molar-refractivity contribution in [3.8, 4) is 12.3 Å². The maximum absolute atomic E-state index is 11.9. The van der Waals surface area contributed by atoms with Gasteiger partial charge in [-0.15, -0.1) is 6.42 Å². The number of hydrogen-bond donors (Lipinski definition) is 1. The van der Waals surface area contributed by atoms with Crippen molar-refractivity contribution in [2.24, 2.45) is 0 Å². The van der Waals surface area contributed by atoms with Crippen molar-refractivity contribution in [2.45, 2.75) is 32.7 Å². The van der Waals surface area contributed by atoms with Crippen LogP contribution in [0.25, 0.3) is 0 Å². The Labute approximate surface area is 107 Å². The number of carbonyl (C=O) groups excluding carboxylic acids is 1. The Kier molecular flexibility index (Phi) is 5.06. The maximum atomic E-state index is 11.9. The van der Waals surface area contributed by atoms with E-state index < -0.39 is 0 Å². The number of hydrogen-bond acceptors (Lipinski definition) is 1. The second-order valence-electron chi connectivity index (χ2n) is 3.95. The summed E-state index contributed by atoms with van der Waals surface area (Å²) in [5.41, 5.74) is 1.47. The molecule has 1 aromatic carbocycles. The molecule has 1 rings (SSSR count). The van der Waals surface area contributed by atoms with Crippen LogP contribution in [0.4, 0.5) is 0 Å². The van der Waals surface area contributed by atoms with E-state index in [-0.39, 0.29) is 11.9 Å². The number of carbonyl (C=O) groups is 1. The average Bonchev–Trinajstić information content (AvgIpc) is 2.31. The van der Waals surface area contributed by atoms with Gasteiger partial charge in [-0.3, -0.25) is 4.79 Å². The molecule has 1 N–H and O–H groups in total. The molecule has 0 spiro atoms. The minimum absolute atomic E-state index is 0.152. The first-order valence-corrected chi connectivity index (χ1v) is 5.99. The minimum Gasteiger partial charge on any atom is -0.338 e. The topological polar surface area (TPSA) is 29.1 Å². The molecule has 17 heavy (non-hydrogen) atoms. The molecule has 0 aliphatic heterocycles. The molecule has 0 fully saturated rings. The molecule has 0 radical (unpaired) electrons. The lowest BCUT2D eigenvalue weighted by molar-refractivity contribution is 0.0944. The molecule has 90 valence electrons. The molecule has 1 unspecified atom stereocenters. The highest BCUT2D eigenvalue weighted by Crippen LogP contribution is 2.16. The highest BCUT2D eigenvalue weighted by molar-refractivity contribution is 6.31. The van der Waals surface area contributed by atoms with Gasteiger partial charge in [0.15, 0.2) is 0 Å². The third-order valence-electron chi connectivity index (χ3n) is 2.50. The van der Waals surface area contributed by atoms with Crippen LogP contribution in [-0.4, -0.2) is 11.9 Å². The number of aryl methyl sites for hydroxylation is 1. The van der Waals surface area contributed by atoms with Gasteiger partial charge in [0.2, 0.25) is 0 Å². The van der Waals surface area contributed by atoms with Crippen LogP contribution in [0.1, 0.15) is 35.7 Å². The fraction of sp³-hybridized carbons (Fsp3) is 0.357. The summed E-state index contributed by atoms with van der Waals surface area (Å²) in [6.07, 6.45) is 7.08. The van der Waals surface area contributed by atoms with E-state index in [1.165, 1.54) is 0 Å². The van der Waals surface area contributed by atoms with Gasteiger partial charge in [0.1, 0.15) is 0 Å². The van der Waals surface area contributed by atoms with Crippen molar-refractivity contribution in [1.29, 1.82) is 0 Å². The molecule has 0 heterocycles. The maximum Gasteiger partial charge on any atom is 0.252 e. The number of terminal acetylenes is 1. The standard InChI is InChI=1S/C14H16ClNO/c1-4-6-12(5-2)16-14(17)11-7-8-13(15)10(3)9-11/h2,7-9,12H,4,6H2,1,3H3,(H,16,17). The minimum atomic E-state index is -0.205. The molecule has 0 bridgehead atoms. The van der Waals surface area contributed by atoms with Gasteiger partial charge in [0.05, 0.1) is 6.04 Å². The number of benzene rings is 1. The van der Waals surface area contributed by atoms with Gasteiger partial charge in [-0.25, -0.2) is 0 Å². The predicted molar refractivity (Wildman–Crippen MR) is 71.2 cm³/mol. The Morgan fingerprint density at radius 1 is 1.59 bits per heavy atom. The fourth-order valence-corrected chi connectivity index (χ4v) is 1.63. The van der Waals surface area contributed by atoms with E-state index in [0.717, 1.165) is 18.4 Å². The molecule has 2 nitrogen and oxygen atoms in total. The third kappa shape index (κ3) is 3.80. The van der Waals surface area contributed by atoms with E-state index in [9.17, 15) is 4.79 Å². The van der Waals surface area contributed by atoms with E-state index >= 15 is 0 Å². The van der Waals surface area contributed by atoms with Crippen LogP contribution in [0.15, 0.2) is 18.2 Å². The molecule has 0 saturated carbocycles. The Balaban J connectivity index is 2.76. The zero-order valence-corrected chi connectivity index (χ0v) is 10.8. The predicted octanol–water partition coefficient (Wildman–Crippen LogP) is 3.18. The summed E-state index contributed by atoms with van der Waals surface area (Å²) in [6, 6.07) is 4.97. The van der Waals surface area contributed by atoms with Crippen molar-refractivity contribution in [3.63, 3.8) is 0 Å². The largest absolute Gasteiger partial charge is 0.338 e. The first-order valence-electron chi connectivity index (χ1n) is 5.61. The van der Waals surface area contributed by atoms with E-state index in [4.69, 9.17) is 18.0 Å². The molecular formula is C14H16ClNO. The molecule has 1 aromatic rings. The quantitative estimate of drug-likeness (QED) is 0.816. The van der Waals surface area contributed by atoms with Gasteiger partial charge in [0, 0.05) is 10.6 Å². The van der Waals surface area contributed by atoms with Crippen molar-refractivity contribution in [1.82, 2.24) is 5.32 Å².